The van der Waals surface area contributed by atoms with Crippen molar-refractivity contribution in [3.8, 4) is 0 Å². The fourth-order valence-corrected chi connectivity index (χ4v) is 1.29. The summed E-state index contributed by atoms with van der Waals surface area (Å²) in [6.07, 6.45) is -2.03. The fourth-order valence-electron chi connectivity index (χ4n) is 1.29. The van der Waals surface area contributed by atoms with Crippen molar-refractivity contribution in [3.63, 3.8) is 0 Å². The van der Waals surface area contributed by atoms with E-state index < -0.39 is 23.7 Å². The Bertz CT molecular complexity index is 321. The first kappa shape index (κ1) is 16.5. The Kier molecular flexibility index (Phi) is 7.91. The molecule has 0 aliphatic rings. The zero-order valence-electron chi connectivity index (χ0n) is 11.0. The molecule has 0 saturated heterocycles. The van der Waals surface area contributed by atoms with Gasteiger partial charge < -0.3 is 9.64 Å². The maximum Gasteiger partial charge on any atom is 0.415 e. The van der Waals surface area contributed by atoms with Gasteiger partial charge in [0.15, 0.2) is 0 Å². The van der Waals surface area contributed by atoms with Crippen LogP contribution in [0.25, 0.3) is 0 Å². The Morgan fingerprint density at radius 3 is 2.06 bits per heavy atom. The van der Waals surface area contributed by atoms with Crippen LogP contribution in [0.15, 0.2) is 11.8 Å². The summed E-state index contributed by atoms with van der Waals surface area (Å²) in [5, 5.41) is 0. The molecule has 0 atom stereocenters. The van der Waals surface area contributed by atoms with Gasteiger partial charge in [0, 0.05) is 19.5 Å². The normalized spacial score (nSPS) is 9.83. The molecule has 0 fully saturated rings. The Morgan fingerprint density at radius 1 is 1.11 bits per heavy atom. The zero-order chi connectivity index (χ0) is 14.1. The molecule has 0 bridgehead atoms. The van der Waals surface area contributed by atoms with Crippen LogP contribution in [0.5, 0.6) is 0 Å². The van der Waals surface area contributed by atoms with E-state index in [0.717, 1.165) is 0 Å². The summed E-state index contributed by atoms with van der Waals surface area (Å²) >= 11 is 0. The zero-order valence-corrected chi connectivity index (χ0v) is 11.0. The van der Waals surface area contributed by atoms with Crippen LogP contribution in [0.2, 0.25) is 0 Å². The number of ketones is 1. The van der Waals surface area contributed by atoms with Crippen molar-refractivity contribution in [1.82, 2.24) is 4.90 Å². The van der Waals surface area contributed by atoms with Crippen LogP contribution in [0.3, 0.4) is 0 Å². The predicted molar refractivity (Wildman–Crippen MR) is 63.2 cm³/mol. The minimum atomic E-state index is -2.25. The largest absolute Gasteiger partial charge is 0.415 e. The first-order valence-corrected chi connectivity index (χ1v) is 6.03. The van der Waals surface area contributed by atoms with Crippen molar-refractivity contribution in [1.29, 1.82) is 0 Å². The molecule has 6 heteroatoms. The summed E-state index contributed by atoms with van der Waals surface area (Å²) < 4.78 is 29.6. The lowest BCUT2D eigenvalue weighted by molar-refractivity contribution is -0.118. The lowest BCUT2D eigenvalue weighted by atomic mass is 10.1. The second-order valence-electron chi connectivity index (χ2n) is 3.66. The molecule has 1 amide bonds. The highest BCUT2D eigenvalue weighted by Crippen LogP contribution is 2.15. The minimum absolute atomic E-state index is 0.0469. The van der Waals surface area contributed by atoms with Gasteiger partial charge in [-0.25, -0.2) is 4.79 Å². The quantitative estimate of drug-likeness (QED) is 0.523. The van der Waals surface area contributed by atoms with Crippen LogP contribution in [0.4, 0.5) is 13.6 Å². The highest BCUT2D eigenvalue weighted by molar-refractivity contribution is 5.95. The van der Waals surface area contributed by atoms with E-state index in [2.05, 4.69) is 4.74 Å². The number of ether oxygens (including phenoxy) is 1. The van der Waals surface area contributed by atoms with Gasteiger partial charge in [0.05, 0.1) is 0 Å². The highest BCUT2D eigenvalue weighted by Gasteiger charge is 2.23. The number of rotatable bonds is 7. The van der Waals surface area contributed by atoms with Crippen LogP contribution >= 0.6 is 0 Å². The lowest BCUT2D eigenvalue weighted by Gasteiger charge is -2.18. The molecule has 0 aromatic rings. The number of hydrogen-bond acceptors (Lipinski definition) is 3. The van der Waals surface area contributed by atoms with Gasteiger partial charge in [-0.3, -0.25) is 4.79 Å². The molecule has 0 heterocycles. The van der Waals surface area contributed by atoms with E-state index >= 15 is 0 Å². The van der Waals surface area contributed by atoms with Crippen LogP contribution < -0.4 is 0 Å². The first-order chi connectivity index (χ1) is 8.47. The second kappa shape index (κ2) is 8.60. The Balaban J connectivity index is 4.71. The SMILES string of the molecule is CCCCC(=O)C(OC(=O)N(CC)CC)=C(F)F. The second-order valence-corrected chi connectivity index (χ2v) is 3.66. The summed E-state index contributed by atoms with van der Waals surface area (Å²) in [4.78, 5) is 24.1. The van der Waals surface area contributed by atoms with Gasteiger partial charge in [0.2, 0.25) is 11.5 Å². The average Bonchev–Trinajstić information content (AvgIpc) is 2.34. The maximum absolute atomic E-state index is 12.6. The molecule has 0 spiro atoms. The molecule has 0 radical (unpaired) electrons. The van der Waals surface area contributed by atoms with Crippen molar-refractivity contribution < 1.29 is 23.1 Å². The van der Waals surface area contributed by atoms with Gasteiger partial charge in [-0.1, -0.05) is 13.3 Å². The topological polar surface area (TPSA) is 46.6 Å². The molecule has 104 valence electrons. The third kappa shape index (κ3) is 5.25. The van der Waals surface area contributed by atoms with Gasteiger partial charge >= 0.3 is 12.2 Å². The van der Waals surface area contributed by atoms with E-state index in [1.807, 2.05) is 6.92 Å². The molecule has 0 aromatic heterocycles. The number of hydrogen-bond donors (Lipinski definition) is 0. The van der Waals surface area contributed by atoms with E-state index in [1.54, 1.807) is 13.8 Å². The minimum Gasteiger partial charge on any atom is -0.401 e. The van der Waals surface area contributed by atoms with E-state index in [-0.39, 0.29) is 6.42 Å². The number of carbonyl (C=O) groups is 2. The number of allylic oxidation sites excluding steroid dienone is 1. The molecule has 0 aliphatic heterocycles. The van der Waals surface area contributed by atoms with Crippen LogP contribution in [0, 0.1) is 0 Å². The summed E-state index contributed by atoms with van der Waals surface area (Å²) in [7, 11) is 0. The number of carbonyl (C=O) groups excluding carboxylic acids is 2. The third-order valence-electron chi connectivity index (χ3n) is 2.39. The van der Waals surface area contributed by atoms with E-state index in [1.165, 1.54) is 4.90 Å². The van der Waals surface area contributed by atoms with Crippen molar-refractivity contribution in [3.05, 3.63) is 11.8 Å². The molecule has 0 rings (SSSR count). The summed E-state index contributed by atoms with van der Waals surface area (Å²) in [6, 6.07) is 0. The average molecular weight is 263 g/mol. The van der Waals surface area contributed by atoms with E-state index in [4.69, 9.17) is 0 Å². The van der Waals surface area contributed by atoms with E-state index in [0.29, 0.717) is 25.9 Å². The molecule has 0 aromatic carbocycles. The van der Waals surface area contributed by atoms with Crippen molar-refractivity contribution >= 4 is 11.9 Å². The third-order valence-corrected chi connectivity index (χ3v) is 2.39. The molecule has 0 N–H and O–H groups in total. The lowest BCUT2D eigenvalue weighted by Crippen LogP contribution is -2.32. The molecule has 0 aliphatic carbocycles. The van der Waals surface area contributed by atoms with Gasteiger partial charge in [0.1, 0.15) is 0 Å². The van der Waals surface area contributed by atoms with Crippen LogP contribution in [-0.4, -0.2) is 29.9 Å². The molecule has 0 saturated carbocycles. The number of halogens is 2. The van der Waals surface area contributed by atoms with Crippen molar-refractivity contribution in [2.75, 3.05) is 13.1 Å². The first-order valence-electron chi connectivity index (χ1n) is 6.03. The fraction of sp³-hybridized carbons (Fsp3) is 0.667. The van der Waals surface area contributed by atoms with Gasteiger partial charge in [0.25, 0.3) is 0 Å². The van der Waals surface area contributed by atoms with Gasteiger partial charge in [-0.05, 0) is 20.3 Å². The monoisotopic (exact) mass is 263 g/mol. The van der Waals surface area contributed by atoms with Gasteiger partial charge in [-0.15, -0.1) is 0 Å². The standard InChI is InChI=1S/C12H19F2NO3/c1-4-7-8-9(16)10(11(13)14)18-12(17)15(5-2)6-3/h4-8H2,1-3H3. The van der Waals surface area contributed by atoms with Gasteiger partial charge in [-0.2, -0.15) is 8.78 Å². The molecular formula is C12H19F2NO3. The Morgan fingerprint density at radius 2 is 1.67 bits per heavy atom. The predicted octanol–water partition coefficient (Wildman–Crippen LogP) is 3.33. The molecule has 18 heavy (non-hydrogen) atoms. The smallest absolute Gasteiger partial charge is 0.401 e. The summed E-state index contributed by atoms with van der Waals surface area (Å²) in [5.41, 5.74) is 0. The van der Waals surface area contributed by atoms with Crippen LogP contribution in [-0.2, 0) is 9.53 Å². The highest BCUT2D eigenvalue weighted by atomic mass is 19.3. The summed E-state index contributed by atoms with van der Waals surface area (Å²) in [5.74, 6) is -1.96. The van der Waals surface area contributed by atoms with E-state index in [9.17, 15) is 18.4 Å². The Labute approximate surface area is 106 Å². The molecule has 4 nitrogen and oxygen atoms in total. The maximum atomic E-state index is 12.6. The van der Waals surface area contributed by atoms with Crippen molar-refractivity contribution in [2.45, 2.75) is 40.0 Å². The van der Waals surface area contributed by atoms with Crippen molar-refractivity contribution in [2.24, 2.45) is 0 Å². The number of nitrogens with zero attached hydrogens (tertiary/aromatic N) is 1. The number of unbranched alkanes of at least 4 members (excludes halogenated alkanes) is 1. The van der Waals surface area contributed by atoms with Crippen LogP contribution in [0.1, 0.15) is 40.0 Å². The number of amides is 1. The molecular weight excluding hydrogens is 244 g/mol. The Hall–Kier alpha value is -1.46. The summed E-state index contributed by atoms with van der Waals surface area (Å²) in [6.45, 7) is 5.89. The molecule has 0 unspecified atom stereocenters. The number of Topliss-reactive ketones (excluding diaryl/α,β-unsaturated/α-hetero) is 1.